The molecule has 9 nitrogen and oxygen atoms in total. The number of urea groups is 1. The van der Waals surface area contributed by atoms with Gasteiger partial charge in [-0.3, -0.25) is 30.1 Å². The normalized spacial score (nSPS) is 15.2. The molecule has 25 heavy (non-hydrogen) atoms. The molecule has 0 saturated carbocycles. The second-order valence-corrected chi connectivity index (χ2v) is 6.29. The number of rotatable bonds is 5. The summed E-state index contributed by atoms with van der Waals surface area (Å²) in [4.78, 5) is 49.0. The first-order valence-electron chi connectivity index (χ1n) is 7.34. The van der Waals surface area contributed by atoms with Gasteiger partial charge in [0.2, 0.25) is 0 Å². The summed E-state index contributed by atoms with van der Waals surface area (Å²) in [6.45, 7) is 0.976. The average Bonchev–Trinajstić information content (AvgIpc) is 2.79. The number of hydrogen-bond acceptors (Lipinski definition) is 5. The number of carbonyl (C=O) groups is 4. The molecular formula is C15H17BrN4O5. The Morgan fingerprint density at radius 1 is 1.32 bits per heavy atom. The van der Waals surface area contributed by atoms with Crippen LogP contribution in [0.3, 0.4) is 0 Å². The number of hydrogen-bond donors (Lipinski definition) is 2. The number of nitrogens with zero attached hydrogens (tertiary/aromatic N) is 2. The topological polar surface area (TPSA) is 108 Å². The van der Waals surface area contributed by atoms with E-state index in [1.54, 1.807) is 18.2 Å². The second-order valence-electron chi connectivity index (χ2n) is 5.37. The van der Waals surface area contributed by atoms with Gasteiger partial charge in [0.15, 0.2) is 6.10 Å². The van der Waals surface area contributed by atoms with Gasteiger partial charge in [-0.1, -0.05) is 22.0 Å². The molecular weight excluding hydrogens is 396 g/mol. The first kappa shape index (κ1) is 18.7. The van der Waals surface area contributed by atoms with Gasteiger partial charge < -0.3 is 9.64 Å². The summed E-state index contributed by atoms with van der Waals surface area (Å²) in [6.07, 6.45) is -0.865. The summed E-state index contributed by atoms with van der Waals surface area (Å²) < 4.78 is 6.25. The lowest BCUT2D eigenvalue weighted by Gasteiger charge is -2.17. The van der Waals surface area contributed by atoms with Crippen molar-refractivity contribution in [2.75, 3.05) is 20.1 Å². The third-order valence-electron chi connectivity index (χ3n) is 3.34. The van der Waals surface area contributed by atoms with E-state index in [1.165, 1.54) is 18.9 Å². The Balaban J connectivity index is 1.80. The number of carbonyl (C=O) groups excluding carboxylic acids is 4. The fourth-order valence-corrected chi connectivity index (χ4v) is 2.42. The van der Waals surface area contributed by atoms with Crippen LogP contribution in [0.2, 0.25) is 0 Å². The molecule has 1 saturated heterocycles. The SMILES string of the molecule is C[C@H](Oc1cccc(Br)c1)C(=O)NNC(=O)CN1C(=O)CN(C)C1=O. The van der Waals surface area contributed by atoms with Crippen molar-refractivity contribution in [3.63, 3.8) is 0 Å². The minimum atomic E-state index is -0.865. The van der Waals surface area contributed by atoms with Crippen LogP contribution in [0.5, 0.6) is 5.75 Å². The van der Waals surface area contributed by atoms with E-state index in [0.717, 1.165) is 9.37 Å². The molecule has 10 heteroatoms. The maximum atomic E-state index is 11.9. The quantitative estimate of drug-likeness (QED) is 0.532. The van der Waals surface area contributed by atoms with Crippen molar-refractivity contribution in [1.29, 1.82) is 0 Å². The van der Waals surface area contributed by atoms with Crippen LogP contribution >= 0.6 is 15.9 Å². The van der Waals surface area contributed by atoms with Crippen molar-refractivity contribution in [1.82, 2.24) is 20.7 Å². The lowest BCUT2D eigenvalue weighted by atomic mass is 10.3. The third-order valence-corrected chi connectivity index (χ3v) is 3.83. The first-order valence-corrected chi connectivity index (χ1v) is 8.13. The average molecular weight is 413 g/mol. The fraction of sp³-hybridized carbons (Fsp3) is 0.333. The molecule has 1 aromatic carbocycles. The number of amides is 5. The Bertz CT molecular complexity index is 711. The number of likely N-dealkylation sites (N-methyl/N-ethyl adjacent to an activating group) is 1. The molecule has 1 aromatic rings. The molecule has 0 aliphatic carbocycles. The third kappa shape index (κ3) is 4.92. The van der Waals surface area contributed by atoms with Crippen LogP contribution in [0.4, 0.5) is 4.79 Å². The van der Waals surface area contributed by atoms with E-state index >= 15 is 0 Å². The van der Waals surface area contributed by atoms with Crippen LogP contribution in [0.15, 0.2) is 28.7 Å². The van der Waals surface area contributed by atoms with E-state index in [2.05, 4.69) is 26.8 Å². The molecule has 1 fully saturated rings. The number of hydrazine groups is 1. The van der Waals surface area contributed by atoms with Gasteiger partial charge in [0.05, 0.1) is 0 Å². The molecule has 0 unspecified atom stereocenters. The summed E-state index contributed by atoms with van der Waals surface area (Å²) in [5, 5.41) is 0. The summed E-state index contributed by atoms with van der Waals surface area (Å²) in [5.41, 5.74) is 4.34. The van der Waals surface area contributed by atoms with Gasteiger partial charge in [0.1, 0.15) is 18.8 Å². The lowest BCUT2D eigenvalue weighted by molar-refractivity contribution is -0.134. The Morgan fingerprint density at radius 2 is 2.04 bits per heavy atom. The van der Waals surface area contributed by atoms with E-state index in [1.807, 2.05) is 6.07 Å². The van der Waals surface area contributed by atoms with Crippen molar-refractivity contribution in [3.05, 3.63) is 28.7 Å². The summed E-state index contributed by atoms with van der Waals surface area (Å²) in [6, 6.07) is 6.40. The van der Waals surface area contributed by atoms with Crippen molar-refractivity contribution < 1.29 is 23.9 Å². The molecule has 0 radical (unpaired) electrons. The van der Waals surface area contributed by atoms with Gasteiger partial charge in [-0.05, 0) is 25.1 Å². The molecule has 5 amide bonds. The second kappa shape index (κ2) is 7.97. The van der Waals surface area contributed by atoms with Gasteiger partial charge in [-0.15, -0.1) is 0 Å². The largest absolute Gasteiger partial charge is 0.481 e. The predicted octanol–water partition coefficient (Wildman–Crippen LogP) is 0.258. The molecule has 1 heterocycles. The highest BCUT2D eigenvalue weighted by Gasteiger charge is 2.34. The molecule has 134 valence electrons. The van der Waals surface area contributed by atoms with Gasteiger partial charge >= 0.3 is 6.03 Å². The lowest BCUT2D eigenvalue weighted by Crippen LogP contribution is -2.50. The number of nitrogens with one attached hydrogen (secondary N) is 2. The molecule has 0 bridgehead atoms. The monoisotopic (exact) mass is 412 g/mol. The smallest absolute Gasteiger partial charge is 0.327 e. The highest BCUT2D eigenvalue weighted by molar-refractivity contribution is 9.10. The van der Waals surface area contributed by atoms with Crippen LogP contribution < -0.4 is 15.6 Å². The van der Waals surface area contributed by atoms with Crippen molar-refractivity contribution in [2.24, 2.45) is 0 Å². The number of imide groups is 1. The molecule has 2 N–H and O–H groups in total. The molecule has 1 aliphatic heterocycles. The van der Waals surface area contributed by atoms with E-state index in [-0.39, 0.29) is 6.54 Å². The Kier molecular flexibility index (Phi) is 5.97. The van der Waals surface area contributed by atoms with Crippen LogP contribution in [0.1, 0.15) is 6.92 Å². The fourth-order valence-electron chi connectivity index (χ4n) is 2.04. The Labute approximate surface area is 152 Å². The summed E-state index contributed by atoms with van der Waals surface area (Å²) in [5.74, 6) is -1.26. The number of ether oxygens (including phenoxy) is 1. The van der Waals surface area contributed by atoms with E-state index in [4.69, 9.17) is 4.74 Å². The van der Waals surface area contributed by atoms with Gasteiger partial charge in [0.25, 0.3) is 17.7 Å². The van der Waals surface area contributed by atoms with Crippen LogP contribution in [-0.4, -0.2) is 59.8 Å². The summed E-state index contributed by atoms with van der Waals surface area (Å²) >= 11 is 3.29. The molecule has 1 atom stereocenters. The maximum absolute atomic E-state index is 11.9. The standard InChI is InChI=1S/C15H17BrN4O5/c1-9(25-11-5-3-4-10(16)6-11)14(23)18-17-12(21)7-20-13(22)8-19(2)15(20)24/h3-6,9H,7-8H2,1-2H3,(H,17,21)(H,18,23)/t9-/m0/s1. The van der Waals surface area contributed by atoms with Crippen molar-refractivity contribution in [3.8, 4) is 5.75 Å². The Morgan fingerprint density at radius 3 is 2.64 bits per heavy atom. The van der Waals surface area contributed by atoms with Crippen LogP contribution in [0.25, 0.3) is 0 Å². The maximum Gasteiger partial charge on any atom is 0.327 e. The highest BCUT2D eigenvalue weighted by Crippen LogP contribution is 2.18. The van der Waals surface area contributed by atoms with Gasteiger partial charge in [-0.2, -0.15) is 0 Å². The number of halogens is 1. The van der Waals surface area contributed by atoms with Gasteiger partial charge in [0, 0.05) is 11.5 Å². The van der Waals surface area contributed by atoms with Crippen LogP contribution in [-0.2, 0) is 14.4 Å². The minimum Gasteiger partial charge on any atom is -0.481 e. The minimum absolute atomic E-state index is 0.0734. The first-order chi connectivity index (χ1) is 11.8. The highest BCUT2D eigenvalue weighted by atomic mass is 79.9. The van der Waals surface area contributed by atoms with Crippen LogP contribution in [0, 0.1) is 0 Å². The Hall–Kier alpha value is -2.62. The van der Waals surface area contributed by atoms with E-state index < -0.39 is 36.4 Å². The van der Waals surface area contributed by atoms with Gasteiger partial charge in [-0.25, -0.2) is 4.79 Å². The van der Waals surface area contributed by atoms with E-state index in [0.29, 0.717) is 5.75 Å². The van der Waals surface area contributed by atoms with E-state index in [9.17, 15) is 19.2 Å². The zero-order valence-electron chi connectivity index (χ0n) is 13.6. The zero-order chi connectivity index (χ0) is 18.6. The zero-order valence-corrected chi connectivity index (χ0v) is 15.2. The molecule has 2 rings (SSSR count). The predicted molar refractivity (Wildman–Crippen MR) is 90.3 cm³/mol. The van der Waals surface area contributed by atoms with Crippen molar-refractivity contribution in [2.45, 2.75) is 13.0 Å². The van der Waals surface area contributed by atoms with Crippen molar-refractivity contribution >= 4 is 39.7 Å². The molecule has 1 aliphatic rings. The number of benzene rings is 1. The summed E-state index contributed by atoms with van der Waals surface area (Å²) in [7, 11) is 1.46. The molecule has 0 spiro atoms. The molecule has 0 aromatic heterocycles.